The van der Waals surface area contributed by atoms with E-state index >= 15 is 0 Å². The second kappa shape index (κ2) is 4.97. The van der Waals surface area contributed by atoms with Crippen molar-refractivity contribution in [2.45, 2.75) is 18.9 Å². The van der Waals surface area contributed by atoms with Gasteiger partial charge in [0.1, 0.15) is 0 Å². The maximum Gasteiger partial charge on any atom is 0.232 e. The largest absolute Gasteiger partial charge is 0.480 e. The van der Waals surface area contributed by atoms with E-state index in [9.17, 15) is 0 Å². The molecule has 1 saturated heterocycles. The van der Waals surface area contributed by atoms with Gasteiger partial charge < -0.3 is 15.4 Å². The van der Waals surface area contributed by atoms with E-state index in [0.29, 0.717) is 11.8 Å². The molecule has 6 heteroatoms. The van der Waals surface area contributed by atoms with Crippen molar-refractivity contribution in [1.82, 2.24) is 9.97 Å². The Morgan fingerprint density at radius 1 is 1.62 bits per heavy atom. The van der Waals surface area contributed by atoms with Crippen LogP contribution in [0.1, 0.15) is 12.8 Å². The minimum absolute atomic E-state index is 0.215. The predicted molar refractivity (Wildman–Crippen MR) is 65.7 cm³/mol. The van der Waals surface area contributed by atoms with Crippen LogP contribution in [0.25, 0.3) is 0 Å². The first-order valence-corrected chi connectivity index (χ1v) is 6.07. The summed E-state index contributed by atoms with van der Waals surface area (Å²) in [5, 5.41) is 0. The molecule has 1 fully saturated rings. The second-order valence-electron chi connectivity index (χ2n) is 3.88. The lowest BCUT2D eigenvalue weighted by molar-refractivity contribution is 0.392. The van der Waals surface area contributed by atoms with Gasteiger partial charge in [0.15, 0.2) is 0 Å². The number of aromatic nitrogens is 2. The average Bonchev–Trinajstić information content (AvgIpc) is 2.29. The molecule has 1 aliphatic heterocycles. The quantitative estimate of drug-likeness (QED) is 0.884. The number of piperidine rings is 1. The van der Waals surface area contributed by atoms with E-state index in [-0.39, 0.29) is 6.04 Å². The van der Waals surface area contributed by atoms with E-state index in [1.165, 1.54) is 0 Å². The third kappa shape index (κ3) is 2.44. The number of halogens is 1. The average molecular weight is 287 g/mol. The van der Waals surface area contributed by atoms with Crippen LogP contribution in [0.3, 0.4) is 0 Å². The van der Waals surface area contributed by atoms with Crippen LogP contribution < -0.4 is 15.4 Å². The molecule has 0 bridgehead atoms. The van der Waals surface area contributed by atoms with Crippen LogP contribution in [-0.2, 0) is 0 Å². The number of hydrogen-bond acceptors (Lipinski definition) is 5. The first-order chi connectivity index (χ1) is 7.70. The standard InChI is InChI=1S/C10H15BrN4O/c1-16-9-8(11)5-13-10(14-9)15-4-2-3-7(12)6-15/h5,7H,2-4,6,12H2,1H3/t7-/m1/s1. The van der Waals surface area contributed by atoms with Crippen LogP contribution >= 0.6 is 15.9 Å². The molecule has 2 heterocycles. The van der Waals surface area contributed by atoms with Crippen molar-refractivity contribution in [3.8, 4) is 5.88 Å². The molecule has 0 saturated carbocycles. The monoisotopic (exact) mass is 286 g/mol. The fourth-order valence-corrected chi connectivity index (χ4v) is 2.18. The first kappa shape index (κ1) is 11.6. The zero-order chi connectivity index (χ0) is 11.5. The molecule has 1 atom stereocenters. The zero-order valence-electron chi connectivity index (χ0n) is 9.19. The van der Waals surface area contributed by atoms with E-state index in [2.05, 4.69) is 30.8 Å². The minimum Gasteiger partial charge on any atom is -0.480 e. The maximum atomic E-state index is 5.93. The Bertz CT molecular complexity index is 374. The van der Waals surface area contributed by atoms with Crippen molar-refractivity contribution < 1.29 is 4.74 Å². The van der Waals surface area contributed by atoms with Gasteiger partial charge in [0.25, 0.3) is 0 Å². The summed E-state index contributed by atoms with van der Waals surface area (Å²) in [5.41, 5.74) is 5.93. The normalized spacial score (nSPS) is 20.9. The molecule has 16 heavy (non-hydrogen) atoms. The lowest BCUT2D eigenvalue weighted by Gasteiger charge is -2.30. The summed E-state index contributed by atoms with van der Waals surface area (Å²) in [6.07, 6.45) is 3.87. The number of rotatable bonds is 2. The highest BCUT2D eigenvalue weighted by atomic mass is 79.9. The highest BCUT2D eigenvalue weighted by Gasteiger charge is 2.19. The molecule has 1 aromatic rings. The summed E-state index contributed by atoms with van der Waals surface area (Å²) in [7, 11) is 1.60. The van der Waals surface area contributed by atoms with Gasteiger partial charge in [-0.25, -0.2) is 4.98 Å². The summed E-state index contributed by atoms with van der Waals surface area (Å²) >= 11 is 3.33. The Kier molecular flexibility index (Phi) is 3.60. The van der Waals surface area contributed by atoms with Gasteiger partial charge >= 0.3 is 0 Å². The molecule has 2 rings (SSSR count). The summed E-state index contributed by atoms with van der Waals surface area (Å²) in [6, 6.07) is 0.215. The molecular formula is C10H15BrN4O. The molecular weight excluding hydrogens is 272 g/mol. The van der Waals surface area contributed by atoms with E-state index in [1.54, 1.807) is 13.3 Å². The van der Waals surface area contributed by atoms with E-state index in [4.69, 9.17) is 10.5 Å². The van der Waals surface area contributed by atoms with Crippen LogP contribution in [-0.4, -0.2) is 36.2 Å². The molecule has 0 unspecified atom stereocenters. The fraction of sp³-hybridized carbons (Fsp3) is 0.600. The molecule has 5 nitrogen and oxygen atoms in total. The summed E-state index contributed by atoms with van der Waals surface area (Å²) in [4.78, 5) is 10.7. The third-order valence-electron chi connectivity index (χ3n) is 2.63. The fourth-order valence-electron chi connectivity index (χ4n) is 1.83. The Labute approximate surface area is 103 Å². The molecule has 1 aliphatic rings. The Morgan fingerprint density at radius 2 is 2.44 bits per heavy atom. The van der Waals surface area contributed by atoms with Gasteiger partial charge in [-0.1, -0.05) is 0 Å². The van der Waals surface area contributed by atoms with E-state index in [1.807, 2.05) is 0 Å². The Balaban J connectivity index is 2.19. The van der Waals surface area contributed by atoms with Gasteiger partial charge in [0.05, 0.1) is 17.8 Å². The maximum absolute atomic E-state index is 5.93. The molecule has 0 amide bonds. The van der Waals surface area contributed by atoms with Crippen LogP contribution in [0.5, 0.6) is 5.88 Å². The van der Waals surface area contributed by atoms with E-state index < -0.39 is 0 Å². The van der Waals surface area contributed by atoms with Gasteiger partial charge in [0, 0.05) is 19.1 Å². The summed E-state index contributed by atoms with van der Waals surface area (Å²) in [6.45, 7) is 1.77. The number of ether oxygens (including phenoxy) is 1. The second-order valence-corrected chi connectivity index (χ2v) is 4.73. The number of anilines is 1. The molecule has 2 N–H and O–H groups in total. The number of nitrogens with two attached hydrogens (primary N) is 1. The SMILES string of the molecule is COc1nc(N2CCC[C@@H](N)C2)ncc1Br. The van der Waals surface area contributed by atoms with E-state index in [0.717, 1.165) is 30.4 Å². The van der Waals surface area contributed by atoms with Crippen LogP contribution in [0.15, 0.2) is 10.7 Å². The molecule has 0 spiro atoms. The van der Waals surface area contributed by atoms with Gasteiger partial charge in [-0.3, -0.25) is 0 Å². The lowest BCUT2D eigenvalue weighted by atomic mass is 10.1. The van der Waals surface area contributed by atoms with Crippen molar-refractivity contribution in [2.75, 3.05) is 25.1 Å². The molecule has 88 valence electrons. The van der Waals surface area contributed by atoms with Gasteiger partial charge in [-0.05, 0) is 28.8 Å². The highest BCUT2D eigenvalue weighted by molar-refractivity contribution is 9.10. The summed E-state index contributed by atoms with van der Waals surface area (Å²) in [5.74, 6) is 1.25. The number of nitrogens with zero attached hydrogens (tertiary/aromatic N) is 3. The smallest absolute Gasteiger partial charge is 0.232 e. The number of methoxy groups -OCH3 is 1. The van der Waals surface area contributed by atoms with Gasteiger partial charge in [-0.2, -0.15) is 4.98 Å². The van der Waals surface area contributed by atoms with Crippen molar-refractivity contribution >= 4 is 21.9 Å². The Morgan fingerprint density at radius 3 is 3.12 bits per heavy atom. The van der Waals surface area contributed by atoms with Crippen LogP contribution in [0.2, 0.25) is 0 Å². The van der Waals surface area contributed by atoms with Crippen molar-refractivity contribution in [3.05, 3.63) is 10.7 Å². The lowest BCUT2D eigenvalue weighted by Crippen LogP contribution is -2.43. The molecule has 0 aliphatic carbocycles. The predicted octanol–water partition coefficient (Wildman–Crippen LogP) is 1.18. The Hall–Kier alpha value is -0.880. The number of hydrogen-bond donors (Lipinski definition) is 1. The molecule has 1 aromatic heterocycles. The summed E-state index contributed by atoms with van der Waals surface area (Å²) < 4.78 is 5.91. The van der Waals surface area contributed by atoms with Crippen LogP contribution in [0, 0.1) is 0 Å². The van der Waals surface area contributed by atoms with Crippen molar-refractivity contribution in [3.63, 3.8) is 0 Å². The zero-order valence-corrected chi connectivity index (χ0v) is 10.8. The van der Waals surface area contributed by atoms with Crippen molar-refractivity contribution in [2.24, 2.45) is 5.73 Å². The molecule has 0 aromatic carbocycles. The molecule has 0 radical (unpaired) electrons. The van der Waals surface area contributed by atoms with Crippen molar-refractivity contribution in [1.29, 1.82) is 0 Å². The highest BCUT2D eigenvalue weighted by Crippen LogP contribution is 2.24. The first-order valence-electron chi connectivity index (χ1n) is 5.27. The van der Waals surface area contributed by atoms with Gasteiger partial charge in [-0.15, -0.1) is 0 Å². The van der Waals surface area contributed by atoms with Gasteiger partial charge in [0.2, 0.25) is 11.8 Å². The van der Waals surface area contributed by atoms with Crippen LogP contribution in [0.4, 0.5) is 5.95 Å². The third-order valence-corrected chi connectivity index (χ3v) is 3.18. The minimum atomic E-state index is 0.215. The topological polar surface area (TPSA) is 64.3 Å².